The Kier molecular flexibility index (Phi) is 2.81. The Bertz CT molecular complexity index is 145. The van der Waals surface area contributed by atoms with Crippen LogP contribution in [0.3, 0.4) is 0 Å². The van der Waals surface area contributed by atoms with Gasteiger partial charge in [0.1, 0.15) is 0 Å². The van der Waals surface area contributed by atoms with Gasteiger partial charge in [-0.25, -0.2) is 0 Å². The second kappa shape index (κ2) is 3.29. The Labute approximate surface area is 84.1 Å². The van der Waals surface area contributed by atoms with Gasteiger partial charge in [0.05, 0.1) is 0 Å². The molecule has 0 bridgehead atoms. The molecule has 0 nitrogen and oxygen atoms in total. The average molecular weight is 182 g/mol. The summed E-state index contributed by atoms with van der Waals surface area (Å²) in [6.07, 6.45) is 4.35. The van der Waals surface area contributed by atoms with Crippen LogP contribution in [0.15, 0.2) is 0 Å². The first kappa shape index (κ1) is 11.1. The molecule has 0 radical (unpaired) electrons. The highest BCUT2D eigenvalue weighted by Gasteiger charge is 2.41. The topological polar surface area (TPSA) is 0 Å². The maximum atomic E-state index is 2.40. The fourth-order valence-corrected chi connectivity index (χ4v) is 3.03. The van der Waals surface area contributed by atoms with Gasteiger partial charge in [-0.3, -0.25) is 0 Å². The molecule has 2 atom stereocenters. The van der Waals surface area contributed by atoms with Crippen molar-refractivity contribution in [1.29, 1.82) is 0 Å². The molecule has 0 spiro atoms. The number of hydrogen-bond donors (Lipinski definition) is 0. The zero-order valence-corrected chi connectivity index (χ0v) is 10.3. The molecule has 0 aromatic carbocycles. The van der Waals surface area contributed by atoms with Crippen LogP contribution in [-0.2, 0) is 0 Å². The first-order valence-electron chi connectivity index (χ1n) is 5.73. The van der Waals surface area contributed by atoms with Crippen molar-refractivity contribution in [2.45, 2.75) is 60.8 Å². The summed E-state index contributed by atoms with van der Waals surface area (Å²) in [5.41, 5.74) is 1.02. The third-order valence-electron chi connectivity index (χ3n) is 3.74. The summed E-state index contributed by atoms with van der Waals surface area (Å²) in [6, 6.07) is 0. The van der Waals surface area contributed by atoms with E-state index in [1.54, 1.807) is 0 Å². The smallest absolute Gasteiger partial charge is 0.0332 e. The standard InChI is InChI=1S/C13H26/c1-12(2,3)10-8-7-9-11(10)13(4,5)6/h10-11H,7-9H2,1-6H3/t10-,11-/m1/s1. The van der Waals surface area contributed by atoms with E-state index in [0.29, 0.717) is 10.8 Å². The summed E-state index contributed by atoms with van der Waals surface area (Å²) < 4.78 is 0. The molecule has 13 heavy (non-hydrogen) atoms. The summed E-state index contributed by atoms with van der Waals surface area (Å²) in [4.78, 5) is 0. The van der Waals surface area contributed by atoms with Crippen LogP contribution in [0.5, 0.6) is 0 Å². The summed E-state index contributed by atoms with van der Waals surface area (Å²) in [5.74, 6) is 1.87. The second-order valence-electron chi connectivity index (χ2n) is 6.88. The zero-order valence-electron chi connectivity index (χ0n) is 10.3. The van der Waals surface area contributed by atoms with Gasteiger partial charge in [0.25, 0.3) is 0 Å². The first-order chi connectivity index (χ1) is 5.73. The minimum absolute atomic E-state index is 0.508. The summed E-state index contributed by atoms with van der Waals surface area (Å²) in [6.45, 7) is 14.4. The van der Waals surface area contributed by atoms with Gasteiger partial charge in [0, 0.05) is 0 Å². The Morgan fingerprint density at radius 1 is 0.692 bits per heavy atom. The molecule has 0 unspecified atom stereocenters. The summed E-state index contributed by atoms with van der Waals surface area (Å²) in [5, 5.41) is 0. The fraction of sp³-hybridized carbons (Fsp3) is 1.00. The van der Waals surface area contributed by atoms with Crippen LogP contribution in [0.4, 0.5) is 0 Å². The van der Waals surface area contributed by atoms with Gasteiger partial charge in [0.2, 0.25) is 0 Å². The molecule has 0 amide bonds. The van der Waals surface area contributed by atoms with Crippen LogP contribution in [0.25, 0.3) is 0 Å². The lowest BCUT2D eigenvalue weighted by atomic mass is 9.66. The van der Waals surface area contributed by atoms with Crippen molar-refractivity contribution in [3.05, 3.63) is 0 Å². The van der Waals surface area contributed by atoms with Crippen molar-refractivity contribution in [1.82, 2.24) is 0 Å². The van der Waals surface area contributed by atoms with Crippen molar-refractivity contribution >= 4 is 0 Å². The molecule has 0 aromatic rings. The van der Waals surface area contributed by atoms with Gasteiger partial charge in [-0.2, -0.15) is 0 Å². The van der Waals surface area contributed by atoms with E-state index < -0.39 is 0 Å². The lowest BCUT2D eigenvalue weighted by Crippen LogP contribution is -2.32. The molecule has 1 fully saturated rings. The van der Waals surface area contributed by atoms with E-state index in [1.807, 2.05) is 0 Å². The van der Waals surface area contributed by atoms with E-state index in [9.17, 15) is 0 Å². The van der Waals surface area contributed by atoms with Gasteiger partial charge in [-0.1, -0.05) is 48.0 Å². The first-order valence-corrected chi connectivity index (χ1v) is 5.73. The van der Waals surface area contributed by atoms with E-state index in [-0.39, 0.29) is 0 Å². The van der Waals surface area contributed by atoms with Crippen LogP contribution in [-0.4, -0.2) is 0 Å². The van der Waals surface area contributed by atoms with E-state index in [0.717, 1.165) is 11.8 Å². The van der Waals surface area contributed by atoms with Gasteiger partial charge in [0.15, 0.2) is 0 Å². The Balaban J connectivity index is 2.76. The minimum atomic E-state index is 0.508. The fourth-order valence-electron chi connectivity index (χ4n) is 3.03. The van der Waals surface area contributed by atoms with Crippen LogP contribution in [0.2, 0.25) is 0 Å². The quantitative estimate of drug-likeness (QED) is 0.517. The van der Waals surface area contributed by atoms with E-state index in [4.69, 9.17) is 0 Å². The molecular formula is C13H26. The third-order valence-corrected chi connectivity index (χ3v) is 3.74. The second-order valence-corrected chi connectivity index (χ2v) is 6.88. The summed E-state index contributed by atoms with van der Waals surface area (Å²) in [7, 11) is 0. The average Bonchev–Trinajstić information content (AvgIpc) is 2.27. The normalized spacial score (nSPS) is 30.9. The molecule has 78 valence electrons. The van der Waals surface area contributed by atoms with Crippen molar-refractivity contribution in [2.75, 3.05) is 0 Å². The highest BCUT2D eigenvalue weighted by atomic mass is 14.5. The highest BCUT2D eigenvalue weighted by molar-refractivity contribution is 4.91. The highest BCUT2D eigenvalue weighted by Crippen LogP contribution is 2.50. The van der Waals surface area contributed by atoms with Crippen molar-refractivity contribution in [2.24, 2.45) is 22.7 Å². The molecular weight excluding hydrogens is 156 g/mol. The summed E-state index contributed by atoms with van der Waals surface area (Å²) >= 11 is 0. The molecule has 0 N–H and O–H groups in total. The lowest BCUT2D eigenvalue weighted by molar-refractivity contribution is 0.0992. The number of rotatable bonds is 0. The van der Waals surface area contributed by atoms with Gasteiger partial charge in [-0.15, -0.1) is 0 Å². The van der Waals surface area contributed by atoms with Crippen LogP contribution >= 0.6 is 0 Å². The largest absolute Gasteiger partial charge is 0.0599 e. The van der Waals surface area contributed by atoms with Crippen molar-refractivity contribution in [3.63, 3.8) is 0 Å². The molecule has 1 saturated carbocycles. The molecule has 0 saturated heterocycles. The molecule has 0 aromatic heterocycles. The lowest BCUT2D eigenvalue weighted by Gasteiger charge is -2.39. The van der Waals surface area contributed by atoms with Crippen molar-refractivity contribution < 1.29 is 0 Å². The molecule has 0 heterocycles. The maximum Gasteiger partial charge on any atom is -0.0332 e. The van der Waals surface area contributed by atoms with E-state index in [2.05, 4.69) is 41.5 Å². The van der Waals surface area contributed by atoms with E-state index >= 15 is 0 Å². The van der Waals surface area contributed by atoms with Gasteiger partial charge in [-0.05, 0) is 35.5 Å². The SMILES string of the molecule is CC(C)(C)[C@@H]1CCC[C@H]1C(C)(C)C. The minimum Gasteiger partial charge on any atom is -0.0599 e. The van der Waals surface area contributed by atoms with E-state index in [1.165, 1.54) is 19.3 Å². The number of hydrogen-bond acceptors (Lipinski definition) is 0. The van der Waals surface area contributed by atoms with Crippen molar-refractivity contribution in [3.8, 4) is 0 Å². The Hall–Kier alpha value is 0. The Morgan fingerprint density at radius 3 is 1.23 bits per heavy atom. The zero-order chi connectivity index (χ0) is 10.3. The van der Waals surface area contributed by atoms with Crippen LogP contribution < -0.4 is 0 Å². The molecule has 0 aliphatic heterocycles. The van der Waals surface area contributed by atoms with Crippen LogP contribution in [0.1, 0.15) is 60.8 Å². The monoisotopic (exact) mass is 182 g/mol. The Morgan fingerprint density at radius 2 is 1.00 bits per heavy atom. The van der Waals surface area contributed by atoms with Gasteiger partial charge >= 0.3 is 0 Å². The molecule has 1 aliphatic rings. The molecule has 1 aliphatic carbocycles. The predicted molar refractivity (Wildman–Crippen MR) is 59.7 cm³/mol. The molecule has 0 heteroatoms. The van der Waals surface area contributed by atoms with Gasteiger partial charge < -0.3 is 0 Å². The van der Waals surface area contributed by atoms with Crippen LogP contribution in [0, 0.1) is 22.7 Å². The molecule has 1 rings (SSSR count). The maximum absolute atomic E-state index is 2.40. The predicted octanol–water partition coefficient (Wildman–Crippen LogP) is 4.49. The third kappa shape index (κ3) is 2.48.